The lowest BCUT2D eigenvalue weighted by Crippen LogP contribution is -2.36. The molecular formula is C22H28N2O3S. The second-order valence-corrected chi connectivity index (χ2v) is 9.29. The molecular weight excluding hydrogens is 372 g/mol. The summed E-state index contributed by atoms with van der Waals surface area (Å²) in [6.45, 7) is 5.56. The highest BCUT2D eigenvalue weighted by atomic mass is 32.2. The Hall–Kier alpha value is -2.34. The summed E-state index contributed by atoms with van der Waals surface area (Å²) in [5.74, 6) is -0.213. The van der Waals surface area contributed by atoms with E-state index in [4.69, 9.17) is 0 Å². The van der Waals surface area contributed by atoms with Gasteiger partial charge in [0.25, 0.3) is 15.9 Å². The number of benzene rings is 2. The van der Waals surface area contributed by atoms with Crippen molar-refractivity contribution in [1.82, 2.24) is 5.32 Å². The Kier molecular flexibility index (Phi) is 6.08. The molecule has 1 saturated carbocycles. The summed E-state index contributed by atoms with van der Waals surface area (Å²) in [6, 6.07) is 10.5. The Morgan fingerprint density at radius 3 is 2.39 bits per heavy atom. The second-order valence-electron chi connectivity index (χ2n) is 7.64. The fourth-order valence-electron chi connectivity index (χ4n) is 3.61. The van der Waals surface area contributed by atoms with Crippen molar-refractivity contribution in [2.75, 3.05) is 4.72 Å². The third-order valence-corrected chi connectivity index (χ3v) is 7.04. The van der Waals surface area contributed by atoms with E-state index in [-0.39, 0.29) is 16.8 Å². The maximum atomic E-state index is 13.0. The summed E-state index contributed by atoms with van der Waals surface area (Å²) in [7, 11) is -3.80. The van der Waals surface area contributed by atoms with Crippen LogP contribution >= 0.6 is 0 Å². The number of aryl methyl sites for hydroxylation is 2. The first kappa shape index (κ1) is 20.4. The molecule has 1 aliphatic carbocycles. The average molecular weight is 401 g/mol. The highest BCUT2D eigenvalue weighted by Crippen LogP contribution is 2.25. The highest BCUT2D eigenvalue weighted by molar-refractivity contribution is 7.92. The summed E-state index contributed by atoms with van der Waals surface area (Å²) < 4.78 is 28.7. The molecule has 28 heavy (non-hydrogen) atoms. The normalized spacial score (nSPS) is 15.2. The van der Waals surface area contributed by atoms with Crippen molar-refractivity contribution in [1.29, 1.82) is 0 Å². The standard InChI is InChI=1S/C22H28N2O3S/c1-15-8-7-11-20(17(15)3)24-28(26,27)21-14-18(13-12-16(21)2)22(25)23-19-9-5-4-6-10-19/h7-8,11-14,19,24H,4-6,9-10H2,1-3H3,(H,23,25). The molecule has 0 aliphatic heterocycles. The Morgan fingerprint density at radius 1 is 0.964 bits per heavy atom. The number of carbonyl (C=O) groups is 1. The number of anilines is 1. The van der Waals surface area contributed by atoms with E-state index in [9.17, 15) is 13.2 Å². The molecule has 0 heterocycles. The van der Waals surface area contributed by atoms with Gasteiger partial charge >= 0.3 is 0 Å². The molecule has 0 unspecified atom stereocenters. The average Bonchev–Trinajstić information content (AvgIpc) is 2.66. The third kappa shape index (κ3) is 4.55. The van der Waals surface area contributed by atoms with Crippen LogP contribution in [0.1, 0.15) is 59.2 Å². The van der Waals surface area contributed by atoms with Crippen LogP contribution in [0, 0.1) is 20.8 Å². The first-order valence-corrected chi connectivity index (χ1v) is 11.3. The van der Waals surface area contributed by atoms with Crippen molar-refractivity contribution in [3.63, 3.8) is 0 Å². The van der Waals surface area contributed by atoms with E-state index in [0.717, 1.165) is 36.8 Å². The van der Waals surface area contributed by atoms with Crippen molar-refractivity contribution in [3.05, 3.63) is 58.7 Å². The Bertz CT molecular complexity index is 977. The number of carbonyl (C=O) groups excluding carboxylic acids is 1. The molecule has 6 heteroatoms. The van der Waals surface area contributed by atoms with Crippen LogP contribution in [0.2, 0.25) is 0 Å². The molecule has 2 aromatic carbocycles. The smallest absolute Gasteiger partial charge is 0.262 e. The lowest BCUT2D eigenvalue weighted by atomic mass is 9.95. The summed E-state index contributed by atoms with van der Waals surface area (Å²) in [5, 5.41) is 3.05. The predicted octanol–water partition coefficient (Wildman–Crippen LogP) is 4.48. The zero-order valence-corrected chi connectivity index (χ0v) is 17.5. The number of rotatable bonds is 5. The molecule has 1 aliphatic rings. The van der Waals surface area contributed by atoms with E-state index in [2.05, 4.69) is 10.0 Å². The summed E-state index contributed by atoms with van der Waals surface area (Å²) in [5.41, 5.74) is 3.42. The van der Waals surface area contributed by atoms with Gasteiger partial charge in [-0.3, -0.25) is 9.52 Å². The number of sulfonamides is 1. The summed E-state index contributed by atoms with van der Waals surface area (Å²) >= 11 is 0. The molecule has 0 saturated heterocycles. The van der Waals surface area contributed by atoms with Crippen LogP contribution in [-0.4, -0.2) is 20.4 Å². The zero-order chi connectivity index (χ0) is 20.3. The second kappa shape index (κ2) is 8.35. The predicted molar refractivity (Wildman–Crippen MR) is 112 cm³/mol. The maximum absolute atomic E-state index is 13.0. The van der Waals surface area contributed by atoms with Crippen LogP contribution < -0.4 is 10.0 Å². The molecule has 0 aromatic heterocycles. The van der Waals surface area contributed by atoms with Crippen LogP contribution in [0.15, 0.2) is 41.3 Å². The SMILES string of the molecule is Cc1ccc(C(=O)NC2CCCCC2)cc1S(=O)(=O)Nc1cccc(C)c1C. The Morgan fingerprint density at radius 2 is 1.68 bits per heavy atom. The summed E-state index contributed by atoms with van der Waals surface area (Å²) in [4.78, 5) is 12.8. The molecule has 3 rings (SSSR count). The van der Waals surface area contributed by atoms with Crippen molar-refractivity contribution >= 4 is 21.6 Å². The minimum absolute atomic E-state index is 0.129. The minimum Gasteiger partial charge on any atom is -0.349 e. The van der Waals surface area contributed by atoms with Gasteiger partial charge in [0.2, 0.25) is 0 Å². The van der Waals surface area contributed by atoms with Crippen molar-refractivity contribution < 1.29 is 13.2 Å². The van der Waals surface area contributed by atoms with Crippen molar-refractivity contribution in [2.24, 2.45) is 0 Å². The van der Waals surface area contributed by atoms with Gasteiger partial charge in [-0.1, -0.05) is 37.5 Å². The van der Waals surface area contributed by atoms with Crippen LogP contribution in [0.5, 0.6) is 0 Å². The van der Waals surface area contributed by atoms with Crippen LogP contribution in [-0.2, 0) is 10.0 Å². The number of nitrogens with one attached hydrogen (secondary N) is 2. The van der Waals surface area contributed by atoms with Gasteiger partial charge in [0, 0.05) is 11.6 Å². The van der Waals surface area contributed by atoms with Crippen LogP contribution in [0.3, 0.4) is 0 Å². The van der Waals surface area contributed by atoms with Gasteiger partial charge in [0.1, 0.15) is 0 Å². The molecule has 0 atom stereocenters. The van der Waals surface area contributed by atoms with E-state index in [1.165, 1.54) is 12.5 Å². The fourth-order valence-corrected chi connectivity index (χ4v) is 5.00. The lowest BCUT2D eigenvalue weighted by molar-refractivity contribution is 0.0927. The Balaban J connectivity index is 1.85. The molecule has 0 bridgehead atoms. The largest absolute Gasteiger partial charge is 0.349 e. The van der Waals surface area contributed by atoms with Gasteiger partial charge in [-0.05, 0) is 68.5 Å². The number of hydrogen-bond donors (Lipinski definition) is 2. The van der Waals surface area contributed by atoms with E-state index in [0.29, 0.717) is 16.8 Å². The lowest BCUT2D eigenvalue weighted by Gasteiger charge is -2.23. The summed E-state index contributed by atoms with van der Waals surface area (Å²) in [6.07, 6.45) is 5.42. The van der Waals surface area contributed by atoms with Gasteiger partial charge in [-0.15, -0.1) is 0 Å². The van der Waals surface area contributed by atoms with Gasteiger partial charge < -0.3 is 5.32 Å². The van der Waals surface area contributed by atoms with Crippen LogP contribution in [0.4, 0.5) is 5.69 Å². The number of amides is 1. The molecule has 0 radical (unpaired) electrons. The third-order valence-electron chi connectivity index (χ3n) is 5.53. The van der Waals surface area contributed by atoms with E-state index in [1.54, 1.807) is 25.1 Å². The quantitative estimate of drug-likeness (QED) is 0.777. The van der Waals surface area contributed by atoms with E-state index >= 15 is 0 Å². The van der Waals surface area contributed by atoms with E-state index in [1.807, 2.05) is 26.0 Å². The molecule has 1 fully saturated rings. The molecule has 150 valence electrons. The van der Waals surface area contributed by atoms with Crippen LogP contribution in [0.25, 0.3) is 0 Å². The van der Waals surface area contributed by atoms with Gasteiger partial charge in [0.15, 0.2) is 0 Å². The fraction of sp³-hybridized carbons (Fsp3) is 0.409. The molecule has 1 amide bonds. The molecule has 5 nitrogen and oxygen atoms in total. The van der Waals surface area contributed by atoms with Gasteiger partial charge in [-0.2, -0.15) is 0 Å². The highest BCUT2D eigenvalue weighted by Gasteiger charge is 2.22. The topological polar surface area (TPSA) is 75.3 Å². The zero-order valence-electron chi connectivity index (χ0n) is 16.7. The molecule has 0 spiro atoms. The van der Waals surface area contributed by atoms with E-state index < -0.39 is 10.0 Å². The molecule has 2 aromatic rings. The maximum Gasteiger partial charge on any atom is 0.262 e. The van der Waals surface area contributed by atoms with Crippen molar-refractivity contribution in [2.45, 2.75) is 63.8 Å². The first-order chi connectivity index (χ1) is 13.3. The van der Waals surface area contributed by atoms with Gasteiger partial charge in [-0.25, -0.2) is 8.42 Å². The number of hydrogen-bond acceptors (Lipinski definition) is 3. The Labute approximate surface area is 167 Å². The first-order valence-electron chi connectivity index (χ1n) is 9.78. The molecule has 2 N–H and O–H groups in total. The van der Waals surface area contributed by atoms with Crippen molar-refractivity contribution in [3.8, 4) is 0 Å². The monoisotopic (exact) mass is 400 g/mol. The minimum atomic E-state index is -3.80. The van der Waals surface area contributed by atoms with Gasteiger partial charge in [0.05, 0.1) is 10.6 Å².